The first-order chi connectivity index (χ1) is 6.84. The summed E-state index contributed by atoms with van der Waals surface area (Å²) in [5, 5.41) is 6.06. The molecule has 0 unspecified atom stereocenters. The summed E-state index contributed by atoms with van der Waals surface area (Å²) in [4.78, 5) is 11.9. The molecule has 14 heavy (non-hydrogen) atoms. The number of nitrogens with zero attached hydrogens (tertiary/aromatic N) is 3. The van der Waals surface area contributed by atoms with Gasteiger partial charge in [-0.3, -0.25) is 0 Å². The number of hydrogen-bond donors (Lipinski definition) is 2. The molecule has 2 rings (SSSR count). The summed E-state index contributed by atoms with van der Waals surface area (Å²) in [6, 6.07) is 1.77. The highest BCUT2D eigenvalue weighted by Gasteiger charge is 1.97. The minimum absolute atomic E-state index is 0.272. The Morgan fingerprint density at radius 1 is 1.36 bits per heavy atom. The maximum atomic E-state index is 5.43. The number of nitrogens with one attached hydrogen (secondary N) is 1. The molecular weight excluding hydrogens is 198 g/mol. The van der Waals surface area contributed by atoms with Crippen molar-refractivity contribution in [2.24, 2.45) is 0 Å². The second-order valence-electron chi connectivity index (χ2n) is 2.58. The highest BCUT2D eigenvalue weighted by molar-refractivity contribution is 7.09. The quantitative estimate of drug-likeness (QED) is 0.788. The van der Waals surface area contributed by atoms with E-state index in [9.17, 15) is 0 Å². The summed E-state index contributed by atoms with van der Waals surface area (Å²) < 4.78 is 0. The lowest BCUT2D eigenvalue weighted by Gasteiger charge is -2.02. The van der Waals surface area contributed by atoms with E-state index in [1.165, 1.54) is 0 Å². The molecule has 0 radical (unpaired) electrons. The number of nitrogen functional groups attached to an aromatic ring is 1. The van der Waals surface area contributed by atoms with Crippen LogP contribution < -0.4 is 11.1 Å². The van der Waals surface area contributed by atoms with Gasteiger partial charge in [-0.1, -0.05) is 0 Å². The lowest BCUT2D eigenvalue weighted by Crippen LogP contribution is -2.03. The summed E-state index contributed by atoms with van der Waals surface area (Å²) in [7, 11) is 0. The molecule has 72 valence electrons. The summed E-state index contributed by atoms with van der Waals surface area (Å²) in [5.41, 5.74) is 5.43. The third-order valence-corrected chi connectivity index (χ3v) is 2.36. The summed E-state index contributed by atoms with van der Waals surface area (Å²) in [5.74, 6) is 0.988. The van der Waals surface area contributed by atoms with Crippen molar-refractivity contribution in [3.8, 4) is 0 Å². The van der Waals surface area contributed by atoms with Gasteiger partial charge in [0, 0.05) is 17.8 Å². The minimum Gasteiger partial charge on any atom is -0.368 e. The van der Waals surface area contributed by atoms with Crippen LogP contribution in [0.4, 0.5) is 11.8 Å². The average molecular weight is 207 g/mol. The molecule has 2 aromatic heterocycles. The zero-order chi connectivity index (χ0) is 9.80. The van der Waals surface area contributed by atoms with Crippen LogP contribution in [-0.2, 0) is 6.54 Å². The van der Waals surface area contributed by atoms with Gasteiger partial charge in [-0.25, -0.2) is 9.97 Å². The maximum absolute atomic E-state index is 5.43. The van der Waals surface area contributed by atoms with Gasteiger partial charge in [-0.05, 0) is 6.07 Å². The van der Waals surface area contributed by atoms with Gasteiger partial charge in [-0.2, -0.15) is 4.98 Å². The first-order valence-electron chi connectivity index (χ1n) is 4.05. The van der Waals surface area contributed by atoms with Crippen LogP contribution in [0.3, 0.4) is 0 Å². The average Bonchev–Trinajstić information content (AvgIpc) is 2.67. The standard InChI is InChI=1S/C8H9N5S/c9-8-11-2-1-6(13-8)12-5-7-10-3-4-14-7/h1-4H,5H2,(H3,9,11,12,13). The van der Waals surface area contributed by atoms with E-state index in [0.29, 0.717) is 12.4 Å². The second kappa shape index (κ2) is 4.01. The molecule has 5 nitrogen and oxygen atoms in total. The number of anilines is 2. The molecular formula is C8H9N5S. The molecule has 0 saturated heterocycles. The number of hydrogen-bond acceptors (Lipinski definition) is 6. The maximum Gasteiger partial charge on any atom is 0.221 e. The minimum atomic E-state index is 0.272. The predicted octanol–water partition coefficient (Wildman–Crippen LogP) is 1.13. The van der Waals surface area contributed by atoms with Crippen molar-refractivity contribution in [2.75, 3.05) is 11.1 Å². The molecule has 0 aliphatic rings. The molecule has 3 N–H and O–H groups in total. The fraction of sp³-hybridized carbons (Fsp3) is 0.125. The Kier molecular flexibility index (Phi) is 2.55. The summed E-state index contributed by atoms with van der Waals surface area (Å²) in [6.45, 7) is 0.661. The molecule has 2 heterocycles. The largest absolute Gasteiger partial charge is 0.368 e. The van der Waals surface area contributed by atoms with Crippen LogP contribution >= 0.6 is 11.3 Å². The predicted molar refractivity (Wildman–Crippen MR) is 55.9 cm³/mol. The molecule has 0 bridgehead atoms. The molecule has 0 fully saturated rings. The molecule has 0 aromatic carbocycles. The van der Waals surface area contributed by atoms with Crippen molar-refractivity contribution < 1.29 is 0 Å². The van der Waals surface area contributed by atoms with Gasteiger partial charge >= 0.3 is 0 Å². The van der Waals surface area contributed by atoms with Gasteiger partial charge in [-0.15, -0.1) is 11.3 Å². The first kappa shape index (κ1) is 8.89. The molecule has 0 aliphatic carbocycles. The van der Waals surface area contributed by atoms with Crippen molar-refractivity contribution in [3.63, 3.8) is 0 Å². The molecule has 0 amide bonds. The third-order valence-electron chi connectivity index (χ3n) is 1.58. The van der Waals surface area contributed by atoms with Crippen LogP contribution in [0.25, 0.3) is 0 Å². The van der Waals surface area contributed by atoms with Gasteiger partial charge in [0.25, 0.3) is 0 Å². The van der Waals surface area contributed by atoms with Crippen molar-refractivity contribution >= 4 is 23.1 Å². The fourth-order valence-electron chi connectivity index (χ4n) is 0.979. The zero-order valence-corrected chi connectivity index (χ0v) is 8.16. The SMILES string of the molecule is Nc1nccc(NCc2nccs2)n1. The Labute approximate surface area is 85.0 Å². The van der Waals surface area contributed by atoms with E-state index in [1.807, 2.05) is 5.38 Å². The van der Waals surface area contributed by atoms with Crippen LogP contribution in [0.2, 0.25) is 0 Å². The number of thiazole rings is 1. The van der Waals surface area contributed by atoms with Gasteiger partial charge in [0.1, 0.15) is 10.8 Å². The van der Waals surface area contributed by atoms with Crippen LogP contribution in [0.15, 0.2) is 23.8 Å². The third kappa shape index (κ3) is 2.17. The van der Waals surface area contributed by atoms with Crippen LogP contribution in [0.1, 0.15) is 5.01 Å². The Balaban J connectivity index is 1.98. The summed E-state index contributed by atoms with van der Waals surface area (Å²) >= 11 is 1.60. The first-order valence-corrected chi connectivity index (χ1v) is 4.93. The fourth-order valence-corrected chi connectivity index (χ4v) is 1.53. The van der Waals surface area contributed by atoms with E-state index in [0.717, 1.165) is 5.01 Å². The zero-order valence-electron chi connectivity index (χ0n) is 7.34. The molecule has 0 spiro atoms. The molecule has 0 saturated carbocycles. The van der Waals surface area contributed by atoms with Crippen molar-refractivity contribution in [3.05, 3.63) is 28.8 Å². The van der Waals surface area contributed by atoms with E-state index < -0.39 is 0 Å². The Morgan fingerprint density at radius 2 is 2.29 bits per heavy atom. The monoisotopic (exact) mass is 207 g/mol. The highest BCUT2D eigenvalue weighted by Crippen LogP contribution is 2.08. The molecule has 0 atom stereocenters. The smallest absolute Gasteiger partial charge is 0.221 e. The Hall–Kier alpha value is -1.69. The van der Waals surface area contributed by atoms with Crippen molar-refractivity contribution in [1.82, 2.24) is 15.0 Å². The Morgan fingerprint density at radius 3 is 3.00 bits per heavy atom. The van der Waals surface area contributed by atoms with Crippen LogP contribution in [0.5, 0.6) is 0 Å². The van der Waals surface area contributed by atoms with E-state index in [-0.39, 0.29) is 5.95 Å². The summed E-state index contributed by atoms with van der Waals surface area (Å²) in [6.07, 6.45) is 3.39. The highest BCUT2D eigenvalue weighted by atomic mass is 32.1. The van der Waals surface area contributed by atoms with E-state index in [2.05, 4.69) is 20.3 Å². The van der Waals surface area contributed by atoms with Crippen LogP contribution in [0, 0.1) is 0 Å². The van der Waals surface area contributed by atoms with Gasteiger partial charge in [0.2, 0.25) is 5.95 Å². The van der Waals surface area contributed by atoms with Gasteiger partial charge < -0.3 is 11.1 Å². The van der Waals surface area contributed by atoms with E-state index >= 15 is 0 Å². The Bertz CT molecular complexity index is 400. The van der Waals surface area contributed by atoms with Gasteiger partial charge in [0.05, 0.1) is 6.54 Å². The number of aromatic nitrogens is 3. The van der Waals surface area contributed by atoms with Crippen molar-refractivity contribution in [1.29, 1.82) is 0 Å². The molecule has 2 aromatic rings. The lowest BCUT2D eigenvalue weighted by atomic mass is 10.5. The number of nitrogens with two attached hydrogens (primary N) is 1. The number of rotatable bonds is 3. The molecule has 6 heteroatoms. The second-order valence-corrected chi connectivity index (χ2v) is 3.56. The van der Waals surface area contributed by atoms with Crippen LogP contribution in [-0.4, -0.2) is 15.0 Å². The lowest BCUT2D eigenvalue weighted by molar-refractivity contribution is 1.06. The molecule has 0 aliphatic heterocycles. The van der Waals surface area contributed by atoms with Gasteiger partial charge in [0.15, 0.2) is 0 Å². The normalized spacial score (nSPS) is 10.0. The van der Waals surface area contributed by atoms with Crippen molar-refractivity contribution in [2.45, 2.75) is 6.54 Å². The van der Waals surface area contributed by atoms with E-state index in [4.69, 9.17) is 5.73 Å². The topological polar surface area (TPSA) is 76.7 Å². The van der Waals surface area contributed by atoms with E-state index in [1.54, 1.807) is 29.8 Å².